The van der Waals surface area contributed by atoms with Gasteiger partial charge in [-0.25, -0.2) is 0 Å². The molecule has 228 valence electrons. The maximum absolute atomic E-state index is 11.1. The lowest BCUT2D eigenvalue weighted by Crippen LogP contribution is -2.57. The Hall–Kier alpha value is -0.710. The van der Waals surface area contributed by atoms with Crippen LogP contribution in [0.1, 0.15) is 68.2 Å². The summed E-state index contributed by atoms with van der Waals surface area (Å²) in [6, 6.07) is 10.2. The number of hydrogen-bond acceptors (Lipinski definition) is 8. The molecule has 1 aromatic rings. The summed E-state index contributed by atoms with van der Waals surface area (Å²) in [5.41, 5.74) is -0.184. The van der Waals surface area contributed by atoms with Crippen molar-refractivity contribution < 1.29 is 33.9 Å². The SMILES string of the molecule is CCC1O[C@H](OCC2O[C@H](Sc3ccccc3)C(C)[C@@H](O[C@H]3O[C@@H](CC)[C@@H](C)C(C)C3O)[C@@H]2C)C(O)[C@@H](C)[C@@H]1C. The summed E-state index contributed by atoms with van der Waals surface area (Å²) in [5, 5.41) is 22.1. The van der Waals surface area contributed by atoms with Crippen LogP contribution in [0.3, 0.4) is 0 Å². The molecule has 0 bridgehead atoms. The van der Waals surface area contributed by atoms with Crippen molar-refractivity contribution in [3.8, 4) is 0 Å². The third-order valence-electron chi connectivity index (χ3n) is 9.96. The molecule has 4 rings (SSSR count). The topological polar surface area (TPSA) is 86.6 Å². The van der Waals surface area contributed by atoms with Crippen LogP contribution in [0.4, 0.5) is 0 Å². The summed E-state index contributed by atoms with van der Waals surface area (Å²) in [4.78, 5) is 1.12. The molecule has 0 aliphatic carbocycles. The summed E-state index contributed by atoms with van der Waals surface area (Å²) in [7, 11) is 0. The average Bonchev–Trinajstić information content (AvgIpc) is 2.96. The van der Waals surface area contributed by atoms with Crippen LogP contribution in [-0.2, 0) is 23.7 Å². The van der Waals surface area contributed by atoms with Crippen LogP contribution in [0.5, 0.6) is 0 Å². The fourth-order valence-electron chi connectivity index (χ4n) is 6.55. The highest BCUT2D eigenvalue weighted by atomic mass is 32.2. The van der Waals surface area contributed by atoms with Crippen LogP contribution < -0.4 is 0 Å². The Morgan fingerprint density at radius 3 is 1.80 bits per heavy atom. The molecule has 3 fully saturated rings. The van der Waals surface area contributed by atoms with Gasteiger partial charge in [0.1, 0.15) is 17.6 Å². The Kier molecular flexibility index (Phi) is 11.4. The molecule has 40 heavy (non-hydrogen) atoms. The van der Waals surface area contributed by atoms with Gasteiger partial charge in [0.05, 0.1) is 31.0 Å². The largest absolute Gasteiger partial charge is 0.388 e. The molecule has 3 aliphatic heterocycles. The van der Waals surface area contributed by atoms with E-state index in [0.29, 0.717) is 0 Å². The molecule has 2 N–H and O–H groups in total. The lowest BCUT2D eigenvalue weighted by molar-refractivity contribution is -0.314. The number of benzene rings is 1. The minimum Gasteiger partial charge on any atom is -0.388 e. The van der Waals surface area contributed by atoms with E-state index in [1.54, 1.807) is 11.8 Å². The van der Waals surface area contributed by atoms with Crippen molar-refractivity contribution in [2.24, 2.45) is 35.5 Å². The van der Waals surface area contributed by atoms with Gasteiger partial charge in [0, 0.05) is 16.7 Å². The van der Waals surface area contributed by atoms with Crippen molar-refractivity contribution in [3.05, 3.63) is 30.3 Å². The normalized spacial score (nSPS) is 46.3. The van der Waals surface area contributed by atoms with E-state index in [1.807, 2.05) is 18.2 Å². The number of thioether (sulfide) groups is 1. The zero-order valence-corrected chi connectivity index (χ0v) is 26.3. The van der Waals surface area contributed by atoms with Crippen molar-refractivity contribution in [1.82, 2.24) is 0 Å². The van der Waals surface area contributed by atoms with Crippen molar-refractivity contribution in [3.63, 3.8) is 0 Å². The van der Waals surface area contributed by atoms with E-state index in [1.165, 1.54) is 0 Å². The highest BCUT2D eigenvalue weighted by molar-refractivity contribution is 7.99. The molecule has 0 saturated carbocycles. The molecule has 0 aromatic heterocycles. The van der Waals surface area contributed by atoms with Gasteiger partial charge in [-0.05, 0) is 48.6 Å². The van der Waals surface area contributed by atoms with E-state index < -0.39 is 24.8 Å². The summed E-state index contributed by atoms with van der Waals surface area (Å²) in [6.07, 6.45) is -1.45. The van der Waals surface area contributed by atoms with Gasteiger partial charge >= 0.3 is 0 Å². The maximum atomic E-state index is 11.1. The van der Waals surface area contributed by atoms with Crippen LogP contribution in [0.2, 0.25) is 0 Å². The van der Waals surface area contributed by atoms with Gasteiger partial charge in [0.25, 0.3) is 0 Å². The zero-order valence-electron chi connectivity index (χ0n) is 25.5. The minimum atomic E-state index is -0.699. The fraction of sp³-hybridized carbons (Fsp3) is 0.812. The van der Waals surface area contributed by atoms with Gasteiger partial charge in [0.15, 0.2) is 12.6 Å². The summed E-state index contributed by atoms with van der Waals surface area (Å²) in [6.45, 7) is 17.2. The molecule has 0 spiro atoms. The second-order valence-electron chi connectivity index (χ2n) is 12.4. The van der Waals surface area contributed by atoms with E-state index in [0.717, 1.165) is 17.7 Å². The quantitative estimate of drug-likeness (QED) is 0.384. The monoisotopic (exact) mass is 580 g/mol. The van der Waals surface area contributed by atoms with Crippen LogP contribution >= 0.6 is 11.8 Å². The Morgan fingerprint density at radius 1 is 0.675 bits per heavy atom. The Bertz CT molecular complexity index is 901. The maximum Gasteiger partial charge on any atom is 0.184 e. The Morgan fingerprint density at radius 2 is 1.23 bits per heavy atom. The third-order valence-corrected chi connectivity index (χ3v) is 11.3. The molecular weight excluding hydrogens is 528 g/mol. The molecule has 0 radical (unpaired) electrons. The van der Waals surface area contributed by atoms with E-state index in [9.17, 15) is 10.2 Å². The molecular formula is C32H52O7S. The van der Waals surface area contributed by atoms with Gasteiger partial charge < -0.3 is 33.9 Å². The summed E-state index contributed by atoms with van der Waals surface area (Å²) < 4.78 is 32.2. The number of hydrogen-bond donors (Lipinski definition) is 2. The number of aliphatic hydroxyl groups is 2. The van der Waals surface area contributed by atoms with Crippen molar-refractivity contribution in [2.75, 3.05) is 6.61 Å². The van der Waals surface area contributed by atoms with Crippen LogP contribution in [0.25, 0.3) is 0 Å². The van der Waals surface area contributed by atoms with E-state index in [-0.39, 0.29) is 72.0 Å². The highest BCUT2D eigenvalue weighted by Crippen LogP contribution is 2.43. The predicted molar refractivity (Wildman–Crippen MR) is 157 cm³/mol. The first-order chi connectivity index (χ1) is 19.1. The zero-order chi connectivity index (χ0) is 29.1. The van der Waals surface area contributed by atoms with Gasteiger partial charge in [-0.2, -0.15) is 0 Å². The molecule has 1 aromatic carbocycles. The van der Waals surface area contributed by atoms with Crippen LogP contribution in [-0.4, -0.2) is 71.5 Å². The lowest BCUT2D eigenvalue weighted by Gasteiger charge is -2.49. The second-order valence-corrected chi connectivity index (χ2v) is 13.6. The molecule has 3 aliphatic rings. The minimum absolute atomic E-state index is 0.0313. The van der Waals surface area contributed by atoms with Crippen LogP contribution in [0, 0.1) is 35.5 Å². The van der Waals surface area contributed by atoms with Crippen LogP contribution in [0.15, 0.2) is 35.2 Å². The first kappa shape index (κ1) is 32.2. The molecule has 8 heteroatoms. The van der Waals surface area contributed by atoms with E-state index >= 15 is 0 Å². The number of aliphatic hydroxyl groups excluding tert-OH is 2. The molecule has 15 atom stereocenters. The third kappa shape index (κ3) is 6.91. The van der Waals surface area contributed by atoms with Crippen molar-refractivity contribution >= 4 is 11.8 Å². The molecule has 0 amide bonds. The number of rotatable bonds is 9. The molecule has 3 heterocycles. The van der Waals surface area contributed by atoms with Gasteiger partial charge in [-0.3, -0.25) is 0 Å². The van der Waals surface area contributed by atoms with Gasteiger partial charge in [-0.15, -0.1) is 0 Å². The molecule has 3 saturated heterocycles. The predicted octanol–water partition coefficient (Wildman–Crippen LogP) is 5.71. The molecule has 7 nitrogen and oxygen atoms in total. The molecule has 6 unspecified atom stereocenters. The average molecular weight is 581 g/mol. The Labute approximate surface area is 245 Å². The standard InChI is InChI=1S/C32H52O7S/c1-9-24-17(3)19(5)27(33)30(36-24)35-16-26-21(7)29(22(8)32(38-26)40-23-14-12-11-13-15-23)39-31-28(34)20(6)18(4)25(10-2)37-31/h11-15,17-22,24-34H,9-10,16H2,1-8H3/t17-,18-,19-,20?,21+,22?,24?,25-,26?,27?,28?,29-,30-,31+,32+/m0/s1. The first-order valence-electron chi connectivity index (χ1n) is 15.4. The van der Waals surface area contributed by atoms with E-state index in [2.05, 4.69) is 67.5 Å². The van der Waals surface area contributed by atoms with Gasteiger partial charge in [0.2, 0.25) is 0 Å². The smallest absolute Gasteiger partial charge is 0.184 e. The van der Waals surface area contributed by atoms with E-state index in [4.69, 9.17) is 23.7 Å². The highest BCUT2D eigenvalue weighted by Gasteiger charge is 2.48. The second kappa shape index (κ2) is 14.2. The van der Waals surface area contributed by atoms with Crippen molar-refractivity contribution in [1.29, 1.82) is 0 Å². The Balaban J connectivity index is 1.51. The summed E-state index contributed by atoms with van der Waals surface area (Å²) >= 11 is 1.68. The first-order valence-corrected chi connectivity index (χ1v) is 16.3. The van der Waals surface area contributed by atoms with Gasteiger partial charge in [-0.1, -0.05) is 85.4 Å². The lowest BCUT2D eigenvalue weighted by atomic mass is 9.82. The van der Waals surface area contributed by atoms with Crippen molar-refractivity contribution in [2.45, 2.75) is 128 Å². The fourth-order valence-corrected chi connectivity index (χ4v) is 7.70. The summed E-state index contributed by atoms with van der Waals surface area (Å²) in [5.74, 6) is 0.659. The number of ether oxygens (including phenoxy) is 5.